The average molecular weight is 195 g/mol. The summed E-state index contributed by atoms with van der Waals surface area (Å²) >= 11 is 0. The van der Waals surface area contributed by atoms with Crippen molar-refractivity contribution in [2.24, 2.45) is 7.05 Å². The summed E-state index contributed by atoms with van der Waals surface area (Å²) in [6.07, 6.45) is 1.99. The number of aromatic nitrogens is 2. The monoisotopic (exact) mass is 195 g/mol. The highest BCUT2D eigenvalue weighted by Crippen LogP contribution is 2.14. The molecule has 78 valence electrons. The summed E-state index contributed by atoms with van der Waals surface area (Å²) in [6.45, 7) is 2.73. The van der Waals surface area contributed by atoms with E-state index in [9.17, 15) is 0 Å². The molecule has 0 atom stereocenters. The van der Waals surface area contributed by atoms with Gasteiger partial charge in [0.2, 0.25) is 0 Å². The molecule has 0 aliphatic carbocycles. The number of ether oxygens (including phenoxy) is 1. The van der Waals surface area contributed by atoms with Crippen molar-refractivity contribution in [3.63, 3.8) is 0 Å². The molecule has 0 fully saturated rings. The van der Waals surface area contributed by atoms with E-state index in [4.69, 9.17) is 4.74 Å². The van der Waals surface area contributed by atoms with Gasteiger partial charge in [-0.2, -0.15) is 0 Å². The molecule has 0 saturated carbocycles. The van der Waals surface area contributed by atoms with E-state index in [0.29, 0.717) is 0 Å². The molecule has 1 aromatic rings. The molecule has 2 heterocycles. The van der Waals surface area contributed by atoms with Gasteiger partial charge in [0.15, 0.2) is 0 Å². The molecule has 4 nitrogen and oxygen atoms in total. The normalized spacial score (nSPS) is 15.6. The van der Waals surface area contributed by atoms with Crippen molar-refractivity contribution in [1.29, 1.82) is 0 Å². The lowest BCUT2D eigenvalue weighted by molar-refractivity contribution is 0.200. The SMILES string of the molecule is COCCc1nc2c(n1C)CCNC2. The van der Waals surface area contributed by atoms with Gasteiger partial charge in [-0.1, -0.05) is 0 Å². The van der Waals surface area contributed by atoms with Crippen LogP contribution in [0.3, 0.4) is 0 Å². The molecule has 0 bridgehead atoms. The van der Waals surface area contributed by atoms with Crippen molar-refractivity contribution in [3.8, 4) is 0 Å². The van der Waals surface area contributed by atoms with Crippen molar-refractivity contribution in [1.82, 2.24) is 14.9 Å². The second-order valence-corrected chi connectivity index (χ2v) is 3.65. The molecule has 0 unspecified atom stereocenters. The molecule has 14 heavy (non-hydrogen) atoms. The summed E-state index contributed by atoms with van der Waals surface area (Å²) in [7, 11) is 3.83. The van der Waals surface area contributed by atoms with Crippen LogP contribution in [0, 0.1) is 0 Å². The van der Waals surface area contributed by atoms with Crippen LogP contribution in [0.5, 0.6) is 0 Å². The zero-order valence-electron chi connectivity index (χ0n) is 8.84. The largest absolute Gasteiger partial charge is 0.384 e. The van der Waals surface area contributed by atoms with E-state index in [-0.39, 0.29) is 0 Å². The lowest BCUT2D eigenvalue weighted by Crippen LogP contribution is -2.24. The summed E-state index contributed by atoms with van der Waals surface area (Å²) in [5, 5.41) is 3.33. The Hall–Kier alpha value is -0.870. The van der Waals surface area contributed by atoms with Crippen LogP contribution in [-0.2, 0) is 31.2 Å². The number of nitrogens with one attached hydrogen (secondary N) is 1. The maximum atomic E-state index is 5.06. The Morgan fingerprint density at radius 1 is 1.57 bits per heavy atom. The summed E-state index contributed by atoms with van der Waals surface area (Å²) in [6, 6.07) is 0. The molecule has 0 saturated heterocycles. The second-order valence-electron chi connectivity index (χ2n) is 3.65. The molecular formula is C10H17N3O. The fourth-order valence-electron chi connectivity index (χ4n) is 1.93. The molecule has 0 aromatic carbocycles. The van der Waals surface area contributed by atoms with Gasteiger partial charge in [0.1, 0.15) is 5.82 Å². The van der Waals surface area contributed by atoms with E-state index < -0.39 is 0 Å². The minimum absolute atomic E-state index is 0.747. The van der Waals surface area contributed by atoms with E-state index in [0.717, 1.165) is 38.4 Å². The van der Waals surface area contributed by atoms with Crippen molar-refractivity contribution >= 4 is 0 Å². The van der Waals surface area contributed by atoms with Gasteiger partial charge in [-0.3, -0.25) is 0 Å². The Bertz CT molecular complexity index is 319. The standard InChI is InChI=1S/C10H17N3O/c1-13-9-3-5-11-7-8(9)12-10(13)4-6-14-2/h11H,3-7H2,1-2H3. The minimum Gasteiger partial charge on any atom is -0.384 e. The number of nitrogens with zero attached hydrogens (tertiary/aromatic N) is 2. The Balaban J connectivity index is 2.20. The first-order valence-corrected chi connectivity index (χ1v) is 5.06. The first-order chi connectivity index (χ1) is 6.83. The molecule has 1 aliphatic rings. The predicted octanol–water partition coefficient (Wildman–Crippen LogP) is 0.255. The Morgan fingerprint density at radius 3 is 3.14 bits per heavy atom. The molecule has 0 spiro atoms. The maximum absolute atomic E-state index is 5.06. The second kappa shape index (κ2) is 4.11. The van der Waals surface area contributed by atoms with Gasteiger partial charge in [0, 0.05) is 45.8 Å². The first kappa shape index (κ1) is 9.68. The third kappa shape index (κ3) is 1.67. The highest BCUT2D eigenvalue weighted by atomic mass is 16.5. The van der Waals surface area contributed by atoms with Gasteiger partial charge in [-0.25, -0.2) is 4.98 Å². The molecule has 4 heteroatoms. The molecule has 1 aromatic heterocycles. The van der Waals surface area contributed by atoms with Crippen molar-refractivity contribution in [2.75, 3.05) is 20.3 Å². The van der Waals surface area contributed by atoms with E-state index in [1.54, 1.807) is 7.11 Å². The summed E-state index contributed by atoms with van der Waals surface area (Å²) in [5.74, 6) is 1.14. The zero-order valence-corrected chi connectivity index (χ0v) is 8.84. The van der Waals surface area contributed by atoms with Crippen LogP contribution in [0.2, 0.25) is 0 Å². The van der Waals surface area contributed by atoms with Crippen LogP contribution < -0.4 is 5.32 Å². The highest BCUT2D eigenvalue weighted by Gasteiger charge is 2.16. The number of methoxy groups -OCH3 is 1. The van der Waals surface area contributed by atoms with Gasteiger partial charge in [-0.15, -0.1) is 0 Å². The maximum Gasteiger partial charge on any atom is 0.111 e. The predicted molar refractivity (Wildman–Crippen MR) is 54.2 cm³/mol. The van der Waals surface area contributed by atoms with Gasteiger partial charge < -0.3 is 14.6 Å². The molecule has 1 N–H and O–H groups in total. The molecule has 0 radical (unpaired) electrons. The van der Waals surface area contributed by atoms with Crippen LogP contribution in [-0.4, -0.2) is 29.8 Å². The van der Waals surface area contributed by atoms with Crippen molar-refractivity contribution < 1.29 is 4.74 Å². The third-order valence-corrected chi connectivity index (χ3v) is 2.75. The van der Waals surface area contributed by atoms with Gasteiger partial charge in [0.05, 0.1) is 12.3 Å². The summed E-state index contributed by atoms with van der Waals surface area (Å²) in [4.78, 5) is 4.61. The van der Waals surface area contributed by atoms with Crippen LogP contribution in [0.1, 0.15) is 17.2 Å². The van der Waals surface area contributed by atoms with Crippen molar-refractivity contribution in [2.45, 2.75) is 19.4 Å². The van der Waals surface area contributed by atoms with Gasteiger partial charge in [-0.05, 0) is 0 Å². The minimum atomic E-state index is 0.747. The fourth-order valence-corrected chi connectivity index (χ4v) is 1.93. The number of rotatable bonds is 3. The molecular weight excluding hydrogens is 178 g/mol. The van der Waals surface area contributed by atoms with E-state index in [1.807, 2.05) is 0 Å². The topological polar surface area (TPSA) is 39.1 Å². The average Bonchev–Trinajstić information content (AvgIpc) is 2.54. The first-order valence-electron chi connectivity index (χ1n) is 5.06. The quantitative estimate of drug-likeness (QED) is 0.751. The Kier molecular flexibility index (Phi) is 2.84. The number of hydrogen-bond donors (Lipinski definition) is 1. The van der Waals surface area contributed by atoms with E-state index in [1.165, 1.54) is 11.4 Å². The van der Waals surface area contributed by atoms with Crippen LogP contribution in [0.4, 0.5) is 0 Å². The fraction of sp³-hybridized carbons (Fsp3) is 0.700. The van der Waals surface area contributed by atoms with Crippen LogP contribution in [0.25, 0.3) is 0 Å². The lowest BCUT2D eigenvalue weighted by Gasteiger charge is -2.12. The Labute approximate surface area is 84.3 Å². The highest BCUT2D eigenvalue weighted by molar-refractivity contribution is 5.19. The number of imidazole rings is 1. The third-order valence-electron chi connectivity index (χ3n) is 2.75. The molecule has 2 rings (SSSR count). The lowest BCUT2D eigenvalue weighted by atomic mass is 10.2. The zero-order chi connectivity index (χ0) is 9.97. The van der Waals surface area contributed by atoms with Crippen LogP contribution in [0.15, 0.2) is 0 Å². The molecule has 1 aliphatic heterocycles. The Morgan fingerprint density at radius 2 is 2.43 bits per heavy atom. The van der Waals surface area contributed by atoms with Crippen LogP contribution >= 0.6 is 0 Å². The number of hydrogen-bond acceptors (Lipinski definition) is 3. The van der Waals surface area contributed by atoms with Crippen molar-refractivity contribution in [3.05, 3.63) is 17.2 Å². The number of fused-ring (bicyclic) bond motifs is 1. The van der Waals surface area contributed by atoms with E-state index >= 15 is 0 Å². The summed E-state index contributed by atoms with van der Waals surface area (Å²) in [5.41, 5.74) is 2.60. The summed E-state index contributed by atoms with van der Waals surface area (Å²) < 4.78 is 7.28. The van der Waals surface area contributed by atoms with E-state index in [2.05, 4.69) is 21.9 Å². The van der Waals surface area contributed by atoms with Gasteiger partial charge in [0.25, 0.3) is 0 Å². The molecule has 0 amide bonds. The smallest absolute Gasteiger partial charge is 0.111 e. The van der Waals surface area contributed by atoms with Gasteiger partial charge >= 0.3 is 0 Å².